The van der Waals surface area contributed by atoms with Crippen molar-refractivity contribution in [2.24, 2.45) is 5.73 Å². The van der Waals surface area contributed by atoms with E-state index in [0.29, 0.717) is 19.6 Å². The van der Waals surface area contributed by atoms with E-state index < -0.39 is 18.3 Å². The Balaban J connectivity index is 2.73. The van der Waals surface area contributed by atoms with Gasteiger partial charge < -0.3 is 10.6 Å². The molecule has 1 aliphatic rings. The van der Waals surface area contributed by atoms with Crippen molar-refractivity contribution in [2.45, 2.75) is 38.1 Å². The number of piperazine rings is 1. The van der Waals surface area contributed by atoms with E-state index in [2.05, 4.69) is 4.90 Å². The molecular weight excluding hydrogens is 219 g/mol. The van der Waals surface area contributed by atoms with Crippen LogP contribution in [0, 0.1) is 0 Å². The van der Waals surface area contributed by atoms with E-state index in [1.54, 1.807) is 0 Å². The maximum atomic E-state index is 12.8. The van der Waals surface area contributed by atoms with Gasteiger partial charge in [-0.1, -0.05) is 0 Å². The van der Waals surface area contributed by atoms with Gasteiger partial charge in [-0.25, -0.2) is 0 Å². The molecule has 1 aliphatic heterocycles. The monoisotopic (exact) mass is 239 g/mol. The van der Waals surface area contributed by atoms with Gasteiger partial charge in [-0.15, -0.1) is 0 Å². The van der Waals surface area contributed by atoms with E-state index in [0.717, 1.165) is 0 Å². The summed E-state index contributed by atoms with van der Waals surface area (Å²) in [5, 5.41) is 0. The molecule has 0 bridgehead atoms. The van der Waals surface area contributed by atoms with Crippen LogP contribution in [-0.4, -0.2) is 60.8 Å². The summed E-state index contributed by atoms with van der Waals surface area (Å²) in [6.07, 6.45) is -4.25. The maximum absolute atomic E-state index is 12.8. The third-order valence-electron chi connectivity index (χ3n) is 3.22. The minimum absolute atomic E-state index is 0.136. The first-order valence-corrected chi connectivity index (χ1v) is 5.50. The minimum atomic E-state index is -4.25. The summed E-state index contributed by atoms with van der Waals surface area (Å²) in [5.74, 6) is 0. The summed E-state index contributed by atoms with van der Waals surface area (Å²) in [4.78, 5) is 3.51. The van der Waals surface area contributed by atoms with Crippen LogP contribution in [-0.2, 0) is 0 Å². The second kappa shape index (κ2) is 4.89. The molecule has 1 saturated heterocycles. The average molecular weight is 239 g/mol. The van der Waals surface area contributed by atoms with Gasteiger partial charge in [0.25, 0.3) is 0 Å². The first kappa shape index (κ1) is 13.7. The van der Waals surface area contributed by atoms with Crippen LogP contribution in [0.1, 0.15) is 13.8 Å². The fourth-order valence-electron chi connectivity index (χ4n) is 2.17. The van der Waals surface area contributed by atoms with Gasteiger partial charge in [-0.05, 0) is 20.9 Å². The second-order valence-corrected chi connectivity index (χ2v) is 4.67. The first-order valence-electron chi connectivity index (χ1n) is 5.50. The Bertz CT molecular complexity index is 230. The molecule has 0 aliphatic carbocycles. The molecule has 3 unspecified atom stereocenters. The van der Waals surface area contributed by atoms with Crippen LogP contribution in [0.4, 0.5) is 13.2 Å². The SMILES string of the molecule is CC(N)C(N1CCN(C)C(C)C1)C(F)(F)F. The van der Waals surface area contributed by atoms with Crippen molar-refractivity contribution in [1.82, 2.24) is 9.80 Å². The number of alkyl halides is 3. The van der Waals surface area contributed by atoms with Crippen molar-refractivity contribution in [3.8, 4) is 0 Å². The van der Waals surface area contributed by atoms with Crippen LogP contribution in [0.5, 0.6) is 0 Å². The number of likely N-dealkylation sites (N-methyl/N-ethyl adjacent to an activating group) is 1. The van der Waals surface area contributed by atoms with Crippen molar-refractivity contribution in [3.05, 3.63) is 0 Å². The Hall–Kier alpha value is -0.330. The first-order chi connectivity index (χ1) is 7.23. The molecule has 1 rings (SSSR count). The fourth-order valence-corrected chi connectivity index (χ4v) is 2.17. The van der Waals surface area contributed by atoms with Crippen LogP contribution in [0.25, 0.3) is 0 Å². The molecule has 16 heavy (non-hydrogen) atoms. The summed E-state index contributed by atoms with van der Waals surface area (Å²) in [7, 11) is 1.93. The van der Waals surface area contributed by atoms with Crippen LogP contribution in [0.3, 0.4) is 0 Å². The predicted octanol–water partition coefficient (Wildman–Crippen LogP) is 0.900. The zero-order valence-corrected chi connectivity index (χ0v) is 9.96. The Kier molecular flexibility index (Phi) is 4.20. The van der Waals surface area contributed by atoms with Gasteiger partial charge in [-0.2, -0.15) is 13.2 Å². The number of rotatable bonds is 2. The molecule has 6 heteroatoms. The topological polar surface area (TPSA) is 32.5 Å². The van der Waals surface area contributed by atoms with Gasteiger partial charge in [0.2, 0.25) is 0 Å². The van der Waals surface area contributed by atoms with E-state index in [4.69, 9.17) is 5.73 Å². The smallest absolute Gasteiger partial charge is 0.326 e. The van der Waals surface area contributed by atoms with Crippen LogP contribution in [0.2, 0.25) is 0 Å². The standard InChI is InChI=1S/C10H20F3N3/c1-7-6-16(5-4-15(7)3)9(8(2)14)10(11,12)13/h7-9H,4-6,14H2,1-3H3. The van der Waals surface area contributed by atoms with Crippen molar-refractivity contribution in [2.75, 3.05) is 26.7 Å². The van der Waals surface area contributed by atoms with E-state index in [1.165, 1.54) is 11.8 Å². The zero-order valence-electron chi connectivity index (χ0n) is 9.96. The third kappa shape index (κ3) is 3.09. The van der Waals surface area contributed by atoms with E-state index in [1.807, 2.05) is 14.0 Å². The van der Waals surface area contributed by atoms with E-state index in [9.17, 15) is 13.2 Å². The highest BCUT2D eigenvalue weighted by molar-refractivity contribution is 4.90. The normalized spacial score (nSPS) is 29.1. The van der Waals surface area contributed by atoms with Crippen LogP contribution in [0.15, 0.2) is 0 Å². The van der Waals surface area contributed by atoms with Gasteiger partial charge in [0.15, 0.2) is 0 Å². The van der Waals surface area contributed by atoms with Gasteiger partial charge >= 0.3 is 6.18 Å². The van der Waals surface area contributed by atoms with E-state index >= 15 is 0 Å². The lowest BCUT2D eigenvalue weighted by atomic mass is 10.1. The van der Waals surface area contributed by atoms with Crippen molar-refractivity contribution in [1.29, 1.82) is 0 Å². The third-order valence-corrected chi connectivity index (χ3v) is 3.22. The van der Waals surface area contributed by atoms with Crippen molar-refractivity contribution < 1.29 is 13.2 Å². The van der Waals surface area contributed by atoms with Gasteiger partial charge in [0.05, 0.1) is 0 Å². The largest absolute Gasteiger partial charge is 0.405 e. The number of halogens is 3. The number of hydrogen-bond acceptors (Lipinski definition) is 3. The lowest BCUT2D eigenvalue weighted by molar-refractivity contribution is -0.193. The highest BCUT2D eigenvalue weighted by atomic mass is 19.4. The zero-order chi connectivity index (χ0) is 12.5. The molecule has 1 fully saturated rings. The molecule has 0 amide bonds. The Morgan fingerprint density at radius 2 is 1.88 bits per heavy atom. The fraction of sp³-hybridized carbons (Fsp3) is 1.00. The van der Waals surface area contributed by atoms with Gasteiger partial charge in [0, 0.05) is 31.7 Å². The van der Waals surface area contributed by atoms with Crippen molar-refractivity contribution >= 4 is 0 Å². The molecule has 96 valence electrons. The molecule has 0 aromatic carbocycles. The Labute approximate surface area is 94.4 Å². The molecule has 2 N–H and O–H groups in total. The molecular formula is C10H20F3N3. The summed E-state index contributed by atoms with van der Waals surface area (Å²) >= 11 is 0. The molecule has 0 radical (unpaired) electrons. The predicted molar refractivity (Wildman–Crippen MR) is 57.2 cm³/mol. The Morgan fingerprint density at radius 3 is 2.25 bits per heavy atom. The molecule has 0 spiro atoms. The molecule has 0 aromatic rings. The molecule has 0 saturated carbocycles. The summed E-state index contributed by atoms with van der Waals surface area (Å²) in [5.41, 5.74) is 5.46. The summed E-state index contributed by atoms with van der Waals surface area (Å²) in [6.45, 7) is 4.84. The van der Waals surface area contributed by atoms with Gasteiger partial charge in [0.1, 0.15) is 6.04 Å². The van der Waals surface area contributed by atoms with Crippen LogP contribution >= 0.6 is 0 Å². The van der Waals surface area contributed by atoms with E-state index in [-0.39, 0.29) is 6.04 Å². The molecule has 1 heterocycles. The number of hydrogen-bond donors (Lipinski definition) is 1. The molecule has 3 atom stereocenters. The Morgan fingerprint density at radius 1 is 1.31 bits per heavy atom. The van der Waals surface area contributed by atoms with Crippen LogP contribution < -0.4 is 5.73 Å². The molecule has 0 aromatic heterocycles. The maximum Gasteiger partial charge on any atom is 0.405 e. The van der Waals surface area contributed by atoms with Gasteiger partial charge in [-0.3, -0.25) is 4.90 Å². The molecule has 3 nitrogen and oxygen atoms in total. The summed E-state index contributed by atoms with van der Waals surface area (Å²) < 4.78 is 38.5. The quantitative estimate of drug-likeness (QED) is 0.777. The number of nitrogens with zero attached hydrogens (tertiary/aromatic N) is 2. The summed E-state index contributed by atoms with van der Waals surface area (Å²) in [6, 6.07) is -2.28. The highest BCUT2D eigenvalue weighted by Crippen LogP contribution is 2.28. The highest BCUT2D eigenvalue weighted by Gasteiger charge is 2.46. The lowest BCUT2D eigenvalue weighted by Gasteiger charge is -2.43. The van der Waals surface area contributed by atoms with Crippen molar-refractivity contribution in [3.63, 3.8) is 0 Å². The lowest BCUT2D eigenvalue weighted by Crippen LogP contribution is -2.61. The minimum Gasteiger partial charge on any atom is -0.326 e. The average Bonchev–Trinajstić information content (AvgIpc) is 2.08. The number of nitrogens with two attached hydrogens (primary N) is 1. The second-order valence-electron chi connectivity index (χ2n) is 4.67.